The summed E-state index contributed by atoms with van der Waals surface area (Å²) in [7, 11) is -3.07. The molecule has 2 atom stereocenters. The average Bonchev–Trinajstić information content (AvgIpc) is 3.20. The smallest absolute Gasteiger partial charge is 0.309 e. The van der Waals surface area contributed by atoms with Crippen molar-refractivity contribution in [1.82, 2.24) is 0 Å². The van der Waals surface area contributed by atoms with E-state index in [0.717, 1.165) is 12.0 Å². The standard InChI is InChI=1S/C13H18NO5P/c1-3-18-20(17,19-4-2)13-9-12(13)10-5-7-11(8-6-10)14(15)16/h5-8,12-13H,3-4,9H2,1-2H3. The number of benzene rings is 1. The predicted molar refractivity (Wildman–Crippen MR) is 75.1 cm³/mol. The summed E-state index contributed by atoms with van der Waals surface area (Å²) in [6.45, 7) is 4.27. The molecular formula is C13H18NO5P. The third kappa shape index (κ3) is 3.08. The molecule has 0 saturated heterocycles. The van der Waals surface area contributed by atoms with Gasteiger partial charge in [-0.2, -0.15) is 0 Å². The van der Waals surface area contributed by atoms with Crippen LogP contribution in [0.25, 0.3) is 0 Å². The molecule has 0 radical (unpaired) electrons. The van der Waals surface area contributed by atoms with Crippen molar-refractivity contribution in [3.63, 3.8) is 0 Å². The Morgan fingerprint density at radius 1 is 1.25 bits per heavy atom. The number of nitro groups is 1. The van der Waals surface area contributed by atoms with Gasteiger partial charge < -0.3 is 9.05 Å². The highest BCUT2D eigenvalue weighted by Crippen LogP contribution is 2.68. The molecule has 1 fully saturated rings. The number of rotatable bonds is 7. The minimum Gasteiger partial charge on any atom is -0.309 e. The highest BCUT2D eigenvalue weighted by Gasteiger charge is 2.53. The van der Waals surface area contributed by atoms with Gasteiger partial charge >= 0.3 is 7.60 Å². The number of hydrogen-bond donors (Lipinski definition) is 0. The monoisotopic (exact) mass is 299 g/mol. The summed E-state index contributed by atoms with van der Waals surface area (Å²) in [6.07, 6.45) is 0.731. The lowest BCUT2D eigenvalue weighted by Gasteiger charge is -2.16. The zero-order valence-corrected chi connectivity index (χ0v) is 12.4. The van der Waals surface area contributed by atoms with Crippen LogP contribution >= 0.6 is 7.60 Å². The summed E-state index contributed by atoms with van der Waals surface area (Å²) < 4.78 is 23.2. The Labute approximate surface area is 117 Å². The molecule has 6 nitrogen and oxygen atoms in total. The van der Waals surface area contributed by atoms with Crippen LogP contribution in [-0.2, 0) is 13.6 Å². The van der Waals surface area contributed by atoms with Crippen molar-refractivity contribution in [3.05, 3.63) is 39.9 Å². The topological polar surface area (TPSA) is 78.7 Å². The van der Waals surface area contributed by atoms with Crippen molar-refractivity contribution >= 4 is 13.3 Å². The molecule has 1 aliphatic rings. The Hall–Kier alpha value is -1.23. The van der Waals surface area contributed by atoms with Gasteiger partial charge in [-0.25, -0.2) is 0 Å². The molecule has 110 valence electrons. The number of non-ortho nitro benzene ring substituents is 1. The molecule has 0 amide bonds. The molecule has 20 heavy (non-hydrogen) atoms. The second kappa shape index (κ2) is 6.04. The molecule has 2 unspecified atom stereocenters. The molecule has 0 N–H and O–H groups in total. The van der Waals surface area contributed by atoms with Crippen LogP contribution in [0.4, 0.5) is 5.69 Å². The fourth-order valence-electron chi connectivity index (χ4n) is 2.32. The highest BCUT2D eigenvalue weighted by atomic mass is 31.2. The average molecular weight is 299 g/mol. The van der Waals surface area contributed by atoms with Crippen LogP contribution in [0.2, 0.25) is 0 Å². The van der Waals surface area contributed by atoms with Gasteiger partial charge in [0.25, 0.3) is 5.69 Å². The summed E-state index contributed by atoms with van der Waals surface area (Å²) in [5.74, 6) is 0.0970. The van der Waals surface area contributed by atoms with Crippen LogP contribution in [0.15, 0.2) is 24.3 Å². The lowest BCUT2D eigenvalue weighted by atomic mass is 10.1. The Kier molecular flexibility index (Phi) is 4.58. The van der Waals surface area contributed by atoms with Gasteiger partial charge in [0.05, 0.1) is 23.8 Å². The maximum Gasteiger partial charge on any atom is 0.334 e. The minimum absolute atomic E-state index is 0.0590. The Morgan fingerprint density at radius 3 is 2.25 bits per heavy atom. The lowest BCUT2D eigenvalue weighted by Crippen LogP contribution is -2.02. The third-order valence-corrected chi connectivity index (χ3v) is 5.93. The summed E-state index contributed by atoms with van der Waals surface area (Å²) in [6, 6.07) is 6.37. The summed E-state index contributed by atoms with van der Waals surface area (Å²) in [5.41, 5.74) is 0.868. The second-order valence-corrected chi connectivity index (χ2v) is 6.89. The first-order valence-corrected chi connectivity index (χ1v) is 8.26. The fraction of sp³-hybridized carbons (Fsp3) is 0.538. The van der Waals surface area contributed by atoms with Crippen molar-refractivity contribution in [2.45, 2.75) is 31.8 Å². The summed E-state index contributed by atoms with van der Waals surface area (Å²) in [4.78, 5) is 10.2. The molecule has 1 saturated carbocycles. The maximum atomic E-state index is 12.6. The molecular weight excluding hydrogens is 281 g/mol. The fourth-order valence-corrected chi connectivity index (χ4v) is 4.60. The van der Waals surface area contributed by atoms with E-state index in [-0.39, 0.29) is 17.3 Å². The largest absolute Gasteiger partial charge is 0.334 e. The van der Waals surface area contributed by atoms with Gasteiger partial charge in [-0.3, -0.25) is 14.7 Å². The number of hydrogen-bond acceptors (Lipinski definition) is 5. The molecule has 1 aromatic rings. The lowest BCUT2D eigenvalue weighted by molar-refractivity contribution is -0.384. The van der Waals surface area contributed by atoms with Crippen LogP contribution in [0.5, 0.6) is 0 Å². The molecule has 0 aliphatic heterocycles. The third-order valence-electron chi connectivity index (χ3n) is 3.31. The van der Waals surface area contributed by atoms with E-state index in [9.17, 15) is 14.7 Å². The Morgan fingerprint density at radius 2 is 1.80 bits per heavy atom. The van der Waals surface area contributed by atoms with Gasteiger partial charge in [-0.15, -0.1) is 0 Å². The SMILES string of the molecule is CCOP(=O)(OCC)C1CC1c1ccc([N+](=O)[O-])cc1. The predicted octanol–water partition coefficient (Wildman–Crippen LogP) is 3.72. The van der Waals surface area contributed by atoms with Crippen LogP contribution in [-0.4, -0.2) is 23.8 Å². The second-order valence-electron chi connectivity index (χ2n) is 4.63. The molecule has 1 aliphatic carbocycles. The quantitative estimate of drug-likeness (QED) is 0.435. The maximum absolute atomic E-state index is 12.6. The van der Waals surface area contributed by atoms with Gasteiger partial charge in [-0.05, 0) is 31.7 Å². The molecule has 0 heterocycles. The van der Waals surface area contributed by atoms with E-state index in [1.807, 2.05) is 0 Å². The molecule has 0 bridgehead atoms. The zero-order chi connectivity index (χ0) is 14.8. The molecule has 1 aromatic carbocycles. The van der Waals surface area contributed by atoms with Crippen molar-refractivity contribution in [2.24, 2.45) is 0 Å². The minimum atomic E-state index is -3.07. The van der Waals surface area contributed by atoms with Crippen molar-refractivity contribution in [1.29, 1.82) is 0 Å². The van der Waals surface area contributed by atoms with Crippen molar-refractivity contribution in [3.8, 4) is 0 Å². The normalized spacial score (nSPS) is 21.7. The summed E-state index contributed by atoms with van der Waals surface area (Å²) >= 11 is 0. The molecule has 0 spiro atoms. The van der Waals surface area contributed by atoms with E-state index < -0.39 is 12.5 Å². The number of nitrogens with zero attached hydrogens (tertiary/aromatic N) is 1. The van der Waals surface area contributed by atoms with E-state index >= 15 is 0 Å². The van der Waals surface area contributed by atoms with Gasteiger partial charge in [-0.1, -0.05) is 12.1 Å². The van der Waals surface area contributed by atoms with E-state index in [1.165, 1.54) is 12.1 Å². The van der Waals surface area contributed by atoms with Crippen LogP contribution < -0.4 is 0 Å². The van der Waals surface area contributed by atoms with Gasteiger partial charge in [0, 0.05) is 12.1 Å². The van der Waals surface area contributed by atoms with Crippen LogP contribution in [0.3, 0.4) is 0 Å². The zero-order valence-electron chi connectivity index (χ0n) is 11.5. The van der Waals surface area contributed by atoms with Crippen molar-refractivity contribution in [2.75, 3.05) is 13.2 Å². The van der Waals surface area contributed by atoms with Crippen LogP contribution in [0.1, 0.15) is 31.7 Å². The highest BCUT2D eigenvalue weighted by molar-refractivity contribution is 7.55. The Bertz CT molecular complexity index is 520. The Balaban J connectivity index is 2.10. The molecule has 2 rings (SSSR count). The first-order chi connectivity index (χ1) is 9.51. The van der Waals surface area contributed by atoms with E-state index in [2.05, 4.69) is 0 Å². The first-order valence-electron chi connectivity index (χ1n) is 6.65. The molecule has 0 aromatic heterocycles. The van der Waals surface area contributed by atoms with Gasteiger partial charge in [0.15, 0.2) is 0 Å². The number of nitro benzene ring substituents is 1. The first kappa shape index (κ1) is 15.2. The molecule has 7 heteroatoms. The summed E-state index contributed by atoms with van der Waals surface area (Å²) in [5, 5.41) is 10.6. The van der Waals surface area contributed by atoms with Crippen molar-refractivity contribution < 1.29 is 18.5 Å². The van der Waals surface area contributed by atoms with E-state index in [0.29, 0.717) is 13.2 Å². The van der Waals surface area contributed by atoms with E-state index in [1.54, 1.807) is 26.0 Å². The van der Waals surface area contributed by atoms with E-state index in [4.69, 9.17) is 9.05 Å². The van der Waals surface area contributed by atoms with Crippen LogP contribution in [0, 0.1) is 10.1 Å². The van der Waals surface area contributed by atoms with Gasteiger partial charge in [0.2, 0.25) is 0 Å². The van der Waals surface area contributed by atoms with Gasteiger partial charge in [0.1, 0.15) is 0 Å².